The molecule has 6 nitrogen and oxygen atoms in total. The minimum atomic E-state index is -0.447. The highest BCUT2D eigenvalue weighted by atomic mass is 16.3. The van der Waals surface area contributed by atoms with Gasteiger partial charge in [-0.3, -0.25) is 0 Å². The third kappa shape index (κ3) is 4.55. The highest BCUT2D eigenvalue weighted by Gasteiger charge is 2.24. The fourth-order valence-electron chi connectivity index (χ4n) is 7.64. The molecule has 1 unspecified atom stereocenters. The van der Waals surface area contributed by atoms with E-state index in [0.29, 0.717) is 5.71 Å². The van der Waals surface area contributed by atoms with Gasteiger partial charge in [-0.05, 0) is 69.9 Å². The van der Waals surface area contributed by atoms with Crippen LogP contribution in [0.1, 0.15) is 22.9 Å². The van der Waals surface area contributed by atoms with Crippen molar-refractivity contribution in [3.8, 4) is 11.1 Å². The quantitative estimate of drug-likeness (QED) is 0.202. The molecule has 1 aliphatic rings. The van der Waals surface area contributed by atoms with Crippen LogP contribution in [0.4, 0.5) is 0 Å². The van der Waals surface area contributed by atoms with Crippen molar-refractivity contribution in [2.45, 2.75) is 6.17 Å². The highest BCUT2D eigenvalue weighted by molar-refractivity contribution is 6.23. The second kappa shape index (κ2) is 11.2. The monoisotopic (exact) mass is 668 g/mol. The number of benzene rings is 7. The molecule has 1 atom stereocenters. The molecular formula is C46H28N4O2. The Bertz CT molecular complexity index is 3120. The SMILES string of the molecule is c1ccc(C2=NC(c3ccc4cc(-c5cccc6oc7nc8ccccc8cc7c56)ccc4c3)N=C(c3cccc4oc5ccccc5c34)N2)cc1. The highest BCUT2D eigenvalue weighted by Crippen LogP contribution is 2.39. The Morgan fingerprint density at radius 3 is 2.10 bits per heavy atom. The molecule has 52 heavy (non-hydrogen) atoms. The van der Waals surface area contributed by atoms with Crippen molar-refractivity contribution in [2.75, 3.05) is 0 Å². The Hall–Kier alpha value is -7.05. The van der Waals surface area contributed by atoms with E-state index >= 15 is 0 Å². The first-order valence-electron chi connectivity index (χ1n) is 17.4. The zero-order chi connectivity index (χ0) is 34.2. The van der Waals surface area contributed by atoms with Gasteiger partial charge in [0.1, 0.15) is 28.4 Å². The molecule has 7 aromatic carbocycles. The van der Waals surface area contributed by atoms with Crippen molar-refractivity contribution >= 4 is 77.4 Å². The molecule has 4 heterocycles. The van der Waals surface area contributed by atoms with Gasteiger partial charge in [0.25, 0.3) is 0 Å². The summed E-state index contributed by atoms with van der Waals surface area (Å²) in [6.45, 7) is 0. The average Bonchev–Trinajstić information content (AvgIpc) is 3.77. The van der Waals surface area contributed by atoms with Crippen molar-refractivity contribution in [1.29, 1.82) is 0 Å². The molecule has 6 heteroatoms. The van der Waals surface area contributed by atoms with E-state index in [9.17, 15) is 0 Å². The van der Waals surface area contributed by atoms with Crippen LogP contribution in [-0.2, 0) is 0 Å². The number of fused-ring (bicyclic) bond motifs is 8. The standard InChI is InChI=1S/C46H28N4O2/c1-2-10-27(11-3-1)43-48-44(50-45(49-43)35-15-9-18-39-42(35)34-13-5-7-17-38(34)51-39)32-23-21-28-24-30(22-20-29(28)25-32)33-14-8-19-40-41(33)36-26-31-12-4-6-16-37(31)47-46(36)52-40/h1-26,44H,(H,48,49,50). The Morgan fingerprint density at radius 1 is 0.462 bits per heavy atom. The lowest BCUT2D eigenvalue weighted by molar-refractivity contribution is 0.656. The van der Waals surface area contributed by atoms with Crippen molar-refractivity contribution in [1.82, 2.24) is 10.3 Å². The zero-order valence-electron chi connectivity index (χ0n) is 27.7. The number of amidine groups is 2. The molecule has 0 fully saturated rings. The van der Waals surface area contributed by atoms with Crippen molar-refractivity contribution in [3.05, 3.63) is 174 Å². The molecule has 0 amide bonds. The van der Waals surface area contributed by atoms with Gasteiger partial charge in [0.15, 0.2) is 6.17 Å². The van der Waals surface area contributed by atoms with Gasteiger partial charge in [-0.25, -0.2) is 15.0 Å². The van der Waals surface area contributed by atoms with Crippen LogP contribution < -0.4 is 5.32 Å². The number of aliphatic imine (C=N–C) groups is 2. The minimum Gasteiger partial charge on any atom is -0.456 e. The summed E-state index contributed by atoms with van der Waals surface area (Å²) in [5.41, 5.74) is 9.31. The van der Waals surface area contributed by atoms with Crippen LogP contribution in [0.3, 0.4) is 0 Å². The second-order valence-electron chi connectivity index (χ2n) is 13.2. The lowest BCUT2D eigenvalue weighted by Gasteiger charge is -2.23. The first kappa shape index (κ1) is 28.8. The first-order valence-corrected chi connectivity index (χ1v) is 17.4. The van der Waals surface area contributed by atoms with Gasteiger partial charge in [0, 0.05) is 38.1 Å². The van der Waals surface area contributed by atoms with Gasteiger partial charge < -0.3 is 14.2 Å². The molecule has 11 rings (SSSR count). The van der Waals surface area contributed by atoms with Gasteiger partial charge >= 0.3 is 0 Å². The van der Waals surface area contributed by atoms with E-state index in [1.165, 1.54) is 0 Å². The van der Waals surface area contributed by atoms with E-state index < -0.39 is 6.17 Å². The van der Waals surface area contributed by atoms with Crippen LogP contribution in [0, 0.1) is 0 Å². The normalized spacial score (nSPS) is 14.7. The largest absolute Gasteiger partial charge is 0.456 e. The second-order valence-corrected chi connectivity index (χ2v) is 13.2. The fraction of sp³-hybridized carbons (Fsp3) is 0.0217. The maximum absolute atomic E-state index is 6.27. The van der Waals surface area contributed by atoms with E-state index in [1.807, 2.05) is 72.8 Å². The van der Waals surface area contributed by atoms with Gasteiger partial charge in [-0.2, -0.15) is 0 Å². The van der Waals surface area contributed by atoms with Crippen molar-refractivity contribution < 1.29 is 8.83 Å². The lowest BCUT2D eigenvalue weighted by Crippen LogP contribution is -2.36. The van der Waals surface area contributed by atoms with Crippen LogP contribution in [0.2, 0.25) is 0 Å². The third-order valence-corrected chi connectivity index (χ3v) is 10.1. The molecule has 0 bridgehead atoms. The van der Waals surface area contributed by atoms with E-state index in [4.69, 9.17) is 23.8 Å². The van der Waals surface area contributed by atoms with E-state index in [0.717, 1.165) is 99.5 Å². The number of furan rings is 2. The maximum atomic E-state index is 6.27. The molecule has 1 N–H and O–H groups in total. The summed E-state index contributed by atoms with van der Waals surface area (Å²) in [6.07, 6.45) is -0.447. The maximum Gasteiger partial charge on any atom is 0.227 e. The van der Waals surface area contributed by atoms with Crippen molar-refractivity contribution in [3.63, 3.8) is 0 Å². The van der Waals surface area contributed by atoms with E-state index in [2.05, 4.69) is 90.2 Å². The number of nitrogens with one attached hydrogen (secondary N) is 1. The van der Waals surface area contributed by atoms with Crippen LogP contribution in [0.15, 0.2) is 177 Å². The Kier molecular flexibility index (Phi) is 6.21. The molecule has 10 aromatic rings. The smallest absolute Gasteiger partial charge is 0.227 e. The van der Waals surface area contributed by atoms with Crippen LogP contribution in [0.25, 0.3) is 76.8 Å². The van der Waals surface area contributed by atoms with Gasteiger partial charge in [0.2, 0.25) is 5.71 Å². The van der Waals surface area contributed by atoms with Crippen LogP contribution in [0.5, 0.6) is 0 Å². The predicted octanol–water partition coefficient (Wildman–Crippen LogP) is 11.3. The number of para-hydroxylation sites is 2. The first-order chi connectivity index (χ1) is 25.7. The molecule has 0 saturated heterocycles. The number of aromatic nitrogens is 1. The number of nitrogens with zero attached hydrogens (tertiary/aromatic N) is 3. The summed E-state index contributed by atoms with van der Waals surface area (Å²) >= 11 is 0. The molecule has 0 spiro atoms. The van der Waals surface area contributed by atoms with Crippen molar-refractivity contribution in [2.24, 2.45) is 9.98 Å². The minimum absolute atomic E-state index is 0.447. The number of hydrogen-bond acceptors (Lipinski definition) is 6. The van der Waals surface area contributed by atoms with Gasteiger partial charge in [-0.15, -0.1) is 0 Å². The van der Waals surface area contributed by atoms with Crippen LogP contribution in [-0.4, -0.2) is 16.7 Å². The Labute approximate surface area is 297 Å². The molecule has 0 saturated carbocycles. The summed E-state index contributed by atoms with van der Waals surface area (Å²) < 4.78 is 12.5. The molecular weight excluding hydrogens is 641 g/mol. The molecule has 244 valence electrons. The Morgan fingerprint density at radius 2 is 1.17 bits per heavy atom. The van der Waals surface area contributed by atoms with Gasteiger partial charge in [-0.1, -0.05) is 115 Å². The van der Waals surface area contributed by atoms with E-state index in [1.54, 1.807) is 0 Å². The summed E-state index contributed by atoms with van der Waals surface area (Å²) in [7, 11) is 0. The number of hydrogen-bond donors (Lipinski definition) is 1. The summed E-state index contributed by atoms with van der Waals surface area (Å²) in [4.78, 5) is 15.2. The molecule has 0 radical (unpaired) electrons. The lowest BCUT2D eigenvalue weighted by atomic mass is 9.96. The Balaban J connectivity index is 1.03. The topological polar surface area (TPSA) is 75.9 Å². The van der Waals surface area contributed by atoms with Crippen LogP contribution >= 0.6 is 0 Å². The molecule has 3 aromatic heterocycles. The summed E-state index contributed by atoms with van der Waals surface area (Å²) in [5, 5.41) is 11.1. The fourth-order valence-corrected chi connectivity index (χ4v) is 7.64. The zero-order valence-corrected chi connectivity index (χ0v) is 27.7. The molecule has 1 aliphatic heterocycles. The third-order valence-electron chi connectivity index (χ3n) is 10.1. The van der Waals surface area contributed by atoms with Gasteiger partial charge in [0.05, 0.1) is 5.52 Å². The summed E-state index contributed by atoms with van der Waals surface area (Å²) in [6, 6.07) is 54.3. The van der Waals surface area contributed by atoms with E-state index in [-0.39, 0.29) is 0 Å². The average molecular weight is 669 g/mol. The number of pyridine rings is 1. The molecule has 0 aliphatic carbocycles. The summed E-state index contributed by atoms with van der Waals surface area (Å²) in [5.74, 6) is 1.53. The predicted molar refractivity (Wildman–Crippen MR) is 211 cm³/mol. The number of rotatable bonds is 4.